The number of methoxy groups -OCH3 is 1. The molecule has 0 aliphatic carbocycles. The van der Waals surface area contributed by atoms with Crippen LogP contribution in [0.3, 0.4) is 0 Å². The van der Waals surface area contributed by atoms with Gasteiger partial charge in [0.05, 0.1) is 37.1 Å². The number of ether oxygens (including phenoxy) is 3. The summed E-state index contributed by atoms with van der Waals surface area (Å²) in [5.41, 5.74) is 0.895. The Hall–Kier alpha value is -2.04. The molecule has 0 bridgehead atoms. The lowest BCUT2D eigenvalue weighted by atomic mass is 10.3. The molecule has 4 rings (SSSR count). The van der Waals surface area contributed by atoms with Crippen molar-refractivity contribution in [3.63, 3.8) is 0 Å². The summed E-state index contributed by atoms with van der Waals surface area (Å²) in [7, 11) is 1.66. The van der Waals surface area contributed by atoms with Gasteiger partial charge in [0.1, 0.15) is 11.5 Å². The van der Waals surface area contributed by atoms with Crippen LogP contribution >= 0.6 is 35.5 Å². The molecule has 0 unspecified atom stereocenters. The Morgan fingerprint density at radius 1 is 1.17 bits per heavy atom. The first-order valence-electron chi connectivity index (χ1n) is 12.1. The van der Waals surface area contributed by atoms with E-state index in [4.69, 9.17) is 19.2 Å². The molecule has 0 saturated carbocycles. The molecule has 1 fully saturated rings. The lowest BCUT2D eigenvalue weighted by molar-refractivity contribution is -0.118. The Balaban J connectivity index is 0.00000361. The molecule has 36 heavy (non-hydrogen) atoms. The molecule has 1 amide bonds. The highest BCUT2D eigenvalue weighted by Crippen LogP contribution is 2.32. The van der Waals surface area contributed by atoms with Crippen LogP contribution in [-0.4, -0.2) is 74.7 Å². The van der Waals surface area contributed by atoms with Crippen LogP contribution in [0.15, 0.2) is 47.4 Å². The van der Waals surface area contributed by atoms with E-state index in [0.29, 0.717) is 25.3 Å². The highest BCUT2D eigenvalue weighted by molar-refractivity contribution is 7.99. The SMILES string of the molecule is CCOc1ccc2nc(N(CCCN3CCOCC3)C(=O)CCSc3ccc(OC)cc3)sc2c1.Cl. The monoisotopic (exact) mass is 551 g/mol. The molecule has 1 aliphatic heterocycles. The van der Waals surface area contributed by atoms with Gasteiger partial charge < -0.3 is 14.2 Å². The van der Waals surface area contributed by atoms with Gasteiger partial charge in [0.2, 0.25) is 5.91 Å². The Bertz CT molecular complexity index is 1090. The van der Waals surface area contributed by atoms with Crippen LogP contribution in [0.2, 0.25) is 0 Å². The number of thioether (sulfide) groups is 1. The number of amides is 1. The van der Waals surface area contributed by atoms with Crippen molar-refractivity contribution in [1.29, 1.82) is 0 Å². The number of benzene rings is 2. The number of aromatic nitrogens is 1. The van der Waals surface area contributed by atoms with Crippen molar-refractivity contribution in [2.75, 3.05) is 63.8 Å². The number of halogens is 1. The number of anilines is 1. The highest BCUT2D eigenvalue weighted by Gasteiger charge is 2.20. The third-order valence-electron chi connectivity index (χ3n) is 5.80. The van der Waals surface area contributed by atoms with E-state index in [9.17, 15) is 4.79 Å². The zero-order chi connectivity index (χ0) is 24.5. The summed E-state index contributed by atoms with van der Waals surface area (Å²) >= 11 is 3.23. The van der Waals surface area contributed by atoms with Crippen LogP contribution in [-0.2, 0) is 9.53 Å². The lowest BCUT2D eigenvalue weighted by Crippen LogP contribution is -2.39. The fourth-order valence-corrected chi connectivity index (χ4v) is 5.81. The maximum Gasteiger partial charge on any atom is 0.229 e. The predicted octanol–water partition coefficient (Wildman–Crippen LogP) is 5.36. The molecule has 196 valence electrons. The standard InChI is InChI=1S/C26H33N3O4S2.ClH/c1-3-33-21-7-10-23-24(19-21)35-26(27-23)29(13-4-12-28-14-16-32-17-15-28)25(30)11-18-34-22-8-5-20(31-2)6-9-22;/h5-10,19H,3-4,11-18H2,1-2H3;1H. The van der Waals surface area contributed by atoms with E-state index in [1.165, 1.54) is 0 Å². The first kappa shape index (κ1) is 28.5. The van der Waals surface area contributed by atoms with E-state index in [1.807, 2.05) is 54.3 Å². The van der Waals surface area contributed by atoms with Crippen molar-refractivity contribution in [3.8, 4) is 11.5 Å². The van der Waals surface area contributed by atoms with Crippen molar-refractivity contribution >= 4 is 56.8 Å². The summed E-state index contributed by atoms with van der Waals surface area (Å²) in [5, 5.41) is 0.759. The maximum atomic E-state index is 13.4. The van der Waals surface area contributed by atoms with Crippen molar-refractivity contribution in [3.05, 3.63) is 42.5 Å². The molecule has 1 saturated heterocycles. The predicted molar refractivity (Wildman–Crippen MR) is 151 cm³/mol. The molecular weight excluding hydrogens is 518 g/mol. The molecule has 0 radical (unpaired) electrons. The van der Waals surface area contributed by atoms with Crippen molar-refractivity contribution in [2.45, 2.75) is 24.7 Å². The van der Waals surface area contributed by atoms with Crippen molar-refractivity contribution < 1.29 is 19.0 Å². The normalized spacial score (nSPS) is 13.8. The van der Waals surface area contributed by atoms with Crippen molar-refractivity contribution in [2.24, 2.45) is 0 Å². The zero-order valence-corrected chi connectivity index (χ0v) is 23.3. The molecule has 0 N–H and O–H groups in total. The minimum absolute atomic E-state index is 0. The topological polar surface area (TPSA) is 64.1 Å². The van der Waals surface area contributed by atoms with Crippen LogP contribution in [0.25, 0.3) is 10.2 Å². The number of morpholine rings is 1. The lowest BCUT2D eigenvalue weighted by Gasteiger charge is -2.27. The van der Waals surface area contributed by atoms with Gasteiger partial charge in [0.25, 0.3) is 0 Å². The summed E-state index contributed by atoms with van der Waals surface area (Å²) in [4.78, 5) is 23.6. The molecule has 10 heteroatoms. The number of hydrogen-bond donors (Lipinski definition) is 0. The molecule has 2 aromatic carbocycles. The average molecular weight is 552 g/mol. The quantitative estimate of drug-likeness (QED) is 0.281. The molecular formula is C26H34ClN3O4S2. The van der Waals surface area contributed by atoms with E-state index in [-0.39, 0.29) is 18.3 Å². The number of carbonyl (C=O) groups is 1. The second kappa shape index (κ2) is 14.6. The Morgan fingerprint density at radius 3 is 2.64 bits per heavy atom. The van der Waals surface area contributed by atoms with E-state index < -0.39 is 0 Å². The van der Waals surface area contributed by atoms with Gasteiger partial charge in [-0.05, 0) is 55.8 Å². The van der Waals surface area contributed by atoms with Crippen LogP contribution in [0.1, 0.15) is 19.8 Å². The third kappa shape index (κ3) is 7.98. The first-order chi connectivity index (χ1) is 17.2. The van der Waals surface area contributed by atoms with E-state index in [1.54, 1.807) is 30.2 Å². The third-order valence-corrected chi connectivity index (χ3v) is 7.85. The molecule has 1 aromatic heterocycles. The minimum Gasteiger partial charge on any atom is -0.497 e. The van der Waals surface area contributed by atoms with Crippen molar-refractivity contribution in [1.82, 2.24) is 9.88 Å². The van der Waals surface area contributed by atoms with Gasteiger partial charge in [-0.2, -0.15) is 0 Å². The van der Waals surface area contributed by atoms with Crippen LogP contribution < -0.4 is 14.4 Å². The molecule has 3 aromatic rings. The molecule has 7 nitrogen and oxygen atoms in total. The van der Waals surface area contributed by atoms with E-state index in [2.05, 4.69) is 4.90 Å². The molecule has 0 atom stereocenters. The van der Waals surface area contributed by atoms with Crippen LogP contribution in [0, 0.1) is 0 Å². The molecule has 2 heterocycles. The van der Waals surface area contributed by atoms with E-state index >= 15 is 0 Å². The number of nitrogens with zero attached hydrogens (tertiary/aromatic N) is 3. The Labute approximate surface area is 227 Å². The Kier molecular flexibility index (Phi) is 11.6. The number of fused-ring (bicyclic) bond motifs is 1. The summed E-state index contributed by atoms with van der Waals surface area (Å²) in [6, 6.07) is 13.9. The number of rotatable bonds is 12. The second-order valence-electron chi connectivity index (χ2n) is 8.19. The smallest absolute Gasteiger partial charge is 0.229 e. The first-order valence-corrected chi connectivity index (χ1v) is 13.9. The minimum atomic E-state index is 0. The van der Waals surface area contributed by atoms with Gasteiger partial charge in [-0.25, -0.2) is 4.98 Å². The summed E-state index contributed by atoms with van der Waals surface area (Å²) in [5.74, 6) is 2.48. The number of carbonyl (C=O) groups excluding carboxylic acids is 1. The van der Waals surface area contributed by atoms with Gasteiger partial charge >= 0.3 is 0 Å². The molecule has 0 spiro atoms. The van der Waals surface area contributed by atoms with E-state index in [0.717, 1.165) is 71.0 Å². The van der Waals surface area contributed by atoms with Gasteiger partial charge in [-0.15, -0.1) is 24.2 Å². The van der Waals surface area contributed by atoms with Gasteiger partial charge in [-0.3, -0.25) is 14.6 Å². The highest BCUT2D eigenvalue weighted by atomic mass is 35.5. The largest absolute Gasteiger partial charge is 0.497 e. The average Bonchev–Trinajstić information content (AvgIpc) is 3.31. The van der Waals surface area contributed by atoms with Crippen LogP contribution in [0.4, 0.5) is 5.13 Å². The van der Waals surface area contributed by atoms with Gasteiger partial charge in [-0.1, -0.05) is 11.3 Å². The van der Waals surface area contributed by atoms with Gasteiger partial charge in [0.15, 0.2) is 5.13 Å². The number of hydrogen-bond acceptors (Lipinski definition) is 8. The summed E-state index contributed by atoms with van der Waals surface area (Å²) in [6.45, 7) is 7.67. The summed E-state index contributed by atoms with van der Waals surface area (Å²) < 4.78 is 17.4. The van der Waals surface area contributed by atoms with Gasteiger partial charge in [0, 0.05) is 43.2 Å². The fourth-order valence-electron chi connectivity index (χ4n) is 3.93. The fraction of sp³-hybridized carbons (Fsp3) is 0.462. The maximum absolute atomic E-state index is 13.4. The van der Waals surface area contributed by atoms with Crippen LogP contribution in [0.5, 0.6) is 11.5 Å². The zero-order valence-electron chi connectivity index (χ0n) is 20.8. The second-order valence-corrected chi connectivity index (χ2v) is 10.4. The molecule has 1 aliphatic rings. The summed E-state index contributed by atoms with van der Waals surface area (Å²) in [6.07, 6.45) is 1.35. The number of thiazole rings is 1. The Morgan fingerprint density at radius 2 is 1.92 bits per heavy atom.